The summed E-state index contributed by atoms with van der Waals surface area (Å²) in [7, 11) is 1.58. The third kappa shape index (κ3) is 3.30. The molecule has 3 aromatic carbocycles. The molecule has 0 radical (unpaired) electrons. The summed E-state index contributed by atoms with van der Waals surface area (Å²) in [6.45, 7) is 0. The molecule has 0 fully saturated rings. The summed E-state index contributed by atoms with van der Waals surface area (Å²) in [4.78, 5) is 17.0. The normalized spacial score (nSPS) is 10.7. The second-order valence-corrected chi connectivity index (χ2v) is 6.64. The number of rotatable bonds is 4. The highest BCUT2D eigenvalue weighted by molar-refractivity contribution is 7.14. The minimum atomic E-state index is -0.205. The number of thiazole rings is 1. The summed E-state index contributed by atoms with van der Waals surface area (Å²) in [5.41, 5.74) is 2.41. The topological polar surface area (TPSA) is 51.2 Å². The first-order valence-electron chi connectivity index (χ1n) is 8.13. The molecule has 26 heavy (non-hydrogen) atoms. The first kappa shape index (κ1) is 16.3. The van der Waals surface area contributed by atoms with Crippen LogP contribution in [0.5, 0.6) is 5.75 Å². The van der Waals surface area contributed by atoms with E-state index in [1.165, 1.54) is 22.1 Å². The Morgan fingerprint density at radius 3 is 2.69 bits per heavy atom. The molecule has 5 heteroatoms. The van der Waals surface area contributed by atoms with Gasteiger partial charge in [0.1, 0.15) is 5.75 Å². The molecular weight excluding hydrogens is 344 g/mol. The van der Waals surface area contributed by atoms with Gasteiger partial charge >= 0.3 is 0 Å². The van der Waals surface area contributed by atoms with E-state index in [-0.39, 0.29) is 5.91 Å². The van der Waals surface area contributed by atoms with Crippen molar-refractivity contribution in [3.05, 3.63) is 77.7 Å². The Kier molecular flexibility index (Phi) is 4.37. The van der Waals surface area contributed by atoms with Gasteiger partial charge in [0.15, 0.2) is 5.13 Å². The Morgan fingerprint density at radius 2 is 1.85 bits per heavy atom. The molecule has 0 spiro atoms. The lowest BCUT2D eigenvalue weighted by Crippen LogP contribution is -2.11. The average Bonchev–Trinajstić information content (AvgIpc) is 3.16. The van der Waals surface area contributed by atoms with Gasteiger partial charge in [-0.05, 0) is 35.0 Å². The van der Waals surface area contributed by atoms with E-state index in [4.69, 9.17) is 4.74 Å². The molecule has 4 aromatic rings. The molecule has 0 aliphatic heterocycles. The lowest BCUT2D eigenvalue weighted by Gasteiger charge is -2.04. The summed E-state index contributed by atoms with van der Waals surface area (Å²) in [5.74, 6) is 0.442. The number of hydrogen-bond acceptors (Lipinski definition) is 4. The van der Waals surface area contributed by atoms with Crippen LogP contribution in [0, 0.1) is 0 Å². The Labute approximate surface area is 155 Å². The standard InChI is InChI=1S/C21H16N2O2S/c1-25-18-8-4-7-17(12-18)20(24)23-21-22-19(13-26-21)16-10-9-14-5-2-3-6-15(14)11-16/h2-13H,1H3,(H,22,23,24). The van der Waals surface area contributed by atoms with E-state index in [0.717, 1.165) is 11.3 Å². The van der Waals surface area contributed by atoms with Crippen LogP contribution in [0.4, 0.5) is 5.13 Å². The molecule has 0 bridgehead atoms. The smallest absolute Gasteiger partial charge is 0.257 e. The number of anilines is 1. The number of fused-ring (bicyclic) bond motifs is 1. The van der Waals surface area contributed by atoms with Crippen molar-refractivity contribution in [3.63, 3.8) is 0 Å². The third-order valence-electron chi connectivity index (χ3n) is 4.10. The maximum atomic E-state index is 12.4. The van der Waals surface area contributed by atoms with E-state index in [9.17, 15) is 4.79 Å². The number of amides is 1. The van der Waals surface area contributed by atoms with Crippen LogP contribution in [0.2, 0.25) is 0 Å². The van der Waals surface area contributed by atoms with Gasteiger partial charge in [0.2, 0.25) is 0 Å². The van der Waals surface area contributed by atoms with Crippen LogP contribution in [0.1, 0.15) is 10.4 Å². The quantitative estimate of drug-likeness (QED) is 0.542. The van der Waals surface area contributed by atoms with E-state index >= 15 is 0 Å². The highest BCUT2D eigenvalue weighted by Crippen LogP contribution is 2.28. The van der Waals surface area contributed by atoms with E-state index in [1.807, 2.05) is 23.6 Å². The average molecular weight is 360 g/mol. The Morgan fingerprint density at radius 1 is 1.00 bits per heavy atom. The van der Waals surface area contributed by atoms with Gasteiger partial charge in [0.05, 0.1) is 12.8 Å². The zero-order valence-electron chi connectivity index (χ0n) is 14.1. The Bertz CT molecular complexity index is 1090. The minimum absolute atomic E-state index is 0.205. The fraction of sp³-hybridized carbons (Fsp3) is 0.0476. The highest BCUT2D eigenvalue weighted by Gasteiger charge is 2.11. The zero-order valence-corrected chi connectivity index (χ0v) is 14.9. The molecule has 4 nitrogen and oxygen atoms in total. The molecule has 0 saturated carbocycles. The van der Waals surface area contributed by atoms with E-state index in [0.29, 0.717) is 16.4 Å². The predicted molar refractivity (Wildman–Crippen MR) is 106 cm³/mol. The molecule has 0 aliphatic carbocycles. The van der Waals surface area contributed by atoms with Crippen LogP contribution in [-0.2, 0) is 0 Å². The molecule has 1 aromatic heterocycles. The van der Waals surface area contributed by atoms with Crippen molar-refractivity contribution in [2.75, 3.05) is 12.4 Å². The van der Waals surface area contributed by atoms with Crippen LogP contribution in [0.15, 0.2) is 72.1 Å². The van der Waals surface area contributed by atoms with Crippen molar-refractivity contribution < 1.29 is 9.53 Å². The molecule has 0 atom stereocenters. The van der Waals surface area contributed by atoms with Gasteiger partial charge in [0.25, 0.3) is 5.91 Å². The van der Waals surface area contributed by atoms with Crippen LogP contribution in [0.3, 0.4) is 0 Å². The second-order valence-electron chi connectivity index (χ2n) is 5.79. The van der Waals surface area contributed by atoms with E-state index < -0.39 is 0 Å². The molecule has 1 N–H and O–H groups in total. The van der Waals surface area contributed by atoms with Crippen LogP contribution >= 0.6 is 11.3 Å². The summed E-state index contributed by atoms with van der Waals surface area (Å²) < 4.78 is 5.16. The van der Waals surface area contributed by atoms with Crippen molar-refractivity contribution >= 4 is 33.1 Å². The third-order valence-corrected chi connectivity index (χ3v) is 4.86. The number of benzene rings is 3. The van der Waals surface area contributed by atoms with Gasteiger partial charge in [-0.1, -0.05) is 42.5 Å². The van der Waals surface area contributed by atoms with Crippen LogP contribution < -0.4 is 10.1 Å². The van der Waals surface area contributed by atoms with Gasteiger partial charge in [-0.3, -0.25) is 10.1 Å². The Balaban J connectivity index is 1.56. The van der Waals surface area contributed by atoms with Gasteiger partial charge in [0, 0.05) is 16.5 Å². The zero-order chi connectivity index (χ0) is 17.9. The molecule has 0 unspecified atom stereocenters. The van der Waals surface area contributed by atoms with Gasteiger partial charge in [-0.2, -0.15) is 0 Å². The maximum Gasteiger partial charge on any atom is 0.257 e. The van der Waals surface area contributed by atoms with Gasteiger partial charge in [-0.15, -0.1) is 11.3 Å². The van der Waals surface area contributed by atoms with Crippen molar-refractivity contribution in [2.45, 2.75) is 0 Å². The monoisotopic (exact) mass is 360 g/mol. The van der Waals surface area contributed by atoms with E-state index in [1.54, 1.807) is 31.4 Å². The number of ether oxygens (including phenoxy) is 1. The second kappa shape index (κ2) is 6.98. The first-order valence-corrected chi connectivity index (χ1v) is 9.01. The largest absolute Gasteiger partial charge is 0.497 e. The van der Waals surface area contributed by atoms with E-state index in [2.05, 4.69) is 34.6 Å². The lowest BCUT2D eigenvalue weighted by atomic mass is 10.1. The molecule has 128 valence electrons. The number of aromatic nitrogens is 1. The molecular formula is C21H16N2O2S. The van der Waals surface area contributed by atoms with Gasteiger partial charge in [-0.25, -0.2) is 4.98 Å². The summed E-state index contributed by atoms with van der Waals surface area (Å²) in [6.07, 6.45) is 0. The summed E-state index contributed by atoms with van der Waals surface area (Å²) >= 11 is 1.41. The van der Waals surface area contributed by atoms with Gasteiger partial charge < -0.3 is 4.74 Å². The number of carbonyl (C=O) groups is 1. The fourth-order valence-corrected chi connectivity index (χ4v) is 3.46. The summed E-state index contributed by atoms with van der Waals surface area (Å²) in [6, 6.07) is 21.5. The molecule has 1 heterocycles. The van der Waals surface area contributed by atoms with Crippen molar-refractivity contribution in [2.24, 2.45) is 0 Å². The number of hydrogen-bond donors (Lipinski definition) is 1. The minimum Gasteiger partial charge on any atom is -0.497 e. The Hall–Kier alpha value is -3.18. The predicted octanol–water partition coefficient (Wildman–Crippen LogP) is 5.22. The summed E-state index contributed by atoms with van der Waals surface area (Å²) in [5, 5.41) is 7.73. The van der Waals surface area contributed by atoms with Crippen LogP contribution in [-0.4, -0.2) is 18.0 Å². The number of methoxy groups -OCH3 is 1. The van der Waals surface area contributed by atoms with Crippen molar-refractivity contribution in [3.8, 4) is 17.0 Å². The maximum absolute atomic E-state index is 12.4. The van der Waals surface area contributed by atoms with Crippen molar-refractivity contribution in [1.82, 2.24) is 4.98 Å². The fourth-order valence-electron chi connectivity index (χ4n) is 2.75. The molecule has 0 saturated heterocycles. The number of nitrogens with one attached hydrogen (secondary N) is 1. The highest BCUT2D eigenvalue weighted by atomic mass is 32.1. The molecule has 1 amide bonds. The SMILES string of the molecule is COc1cccc(C(=O)Nc2nc(-c3ccc4ccccc4c3)cs2)c1. The number of carbonyl (C=O) groups excluding carboxylic acids is 1. The molecule has 4 rings (SSSR count). The van der Waals surface area contributed by atoms with Crippen molar-refractivity contribution in [1.29, 1.82) is 0 Å². The van der Waals surface area contributed by atoms with Crippen LogP contribution in [0.25, 0.3) is 22.0 Å². The number of nitrogens with zero attached hydrogens (tertiary/aromatic N) is 1. The lowest BCUT2D eigenvalue weighted by molar-refractivity contribution is 0.102. The molecule has 0 aliphatic rings. The first-order chi connectivity index (χ1) is 12.7.